The number of piperidine rings is 1. The Kier molecular flexibility index (Phi) is 5.55. The number of hydrogen-bond acceptors (Lipinski definition) is 6. The van der Waals surface area contributed by atoms with Crippen LogP contribution in [0, 0.1) is 0 Å². The minimum absolute atomic E-state index is 0.0146. The van der Waals surface area contributed by atoms with Gasteiger partial charge in [0.1, 0.15) is 5.52 Å². The third kappa shape index (κ3) is 4.39. The molecule has 1 amide bonds. The number of rotatable bonds is 5. The van der Waals surface area contributed by atoms with E-state index in [2.05, 4.69) is 37.1 Å². The molecule has 3 aromatic rings. The van der Waals surface area contributed by atoms with Crippen LogP contribution in [0.5, 0.6) is 0 Å². The Labute approximate surface area is 182 Å². The van der Waals surface area contributed by atoms with Crippen LogP contribution in [-0.4, -0.2) is 56.5 Å². The van der Waals surface area contributed by atoms with Crippen LogP contribution in [-0.2, 0) is 0 Å². The van der Waals surface area contributed by atoms with Gasteiger partial charge in [-0.25, -0.2) is 9.97 Å². The highest BCUT2D eigenvalue weighted by molar-refractivity contribution is 5.94. The second-order valence-corrected chi connectivity index (χ2v) is 8.75. The van der Waals surface area contributed by atoms with Gasteiger partial charge in [0.2, 0.25) is 5.95 Å². The number of carbonyl (C=O) groups is 1. The van der Waals surface area contributed by atoms with E-state index in [1.54, 1.807) is 6.20 Å². The van der Waals surface area contributed by atoms with Crippen LogP contribution in [0.3, 0.4) is 0 Å². The number of amides is 1. The van der Waals surface area contributed by atoms with Gasteiger partial charge in [0, 0.05) is 23.3 Å². The van der Waals surface area contributed by atoms with Gasteiger partial charge in [0.15, 0.2) is 5.65 Å². The molecule has 0 radical (unpaired) electrons. The molecule has 31 heavy (non-hydrogen) atoms. The number of fused-ring (bicyclic) bond motifs is 1. The average molecular weight is 420 g/mol. The number of aromatic nitrogens is 4. The summed E-state index contributed by atoms with van der Waals surface area (Å²) in [6, 6.07) is 8.21. The second-order valence-electron chi connectivity index (χ2n) is 8.75. The molecule has 2 aliphatic rings. The maximum atomic E-state index is 12.6. The number of likely N-dealkylation sites (tertiary alicyclic amines) is 1. The minimum Gasteiger partial charge on any atom is -0.349 e. The standard InChI is InChI=1S/C23H29N7O/c1-29-12-10-18(11-13-29)26-22(31)16-6-8-17(9-7-16)27-23-24-14-20-21(28-23)30(15-25-20)19-4-2-3-5-19/h6-9,14-15,18-19H,2-5,10-13H2,1H3,(H,26,31)(H,24,27,28). The van der Waals surface area contributed by atoms with E-state index in [0.29, 0.717) is 17.6 Å². The lowest BCUT2D eigenvalue weighted by Gasteiger charge is -2.29. The predicted molar refractivity (Wildman–Crippen MR) is 121 cm³/mol. The van der Waals surface area contributed by atoms with E-state index in [-0.39, 0.29) is 11.9 Å². The highest BCUT2D eigenvalue weighted by Gasteiger charge is 2.20. The Morgan fingerprint density at radius 2 is 1.77 bits per heavy atom. The third-order valence-corrected chi connectivity index (χ3v) is 6.49. The van der Waals surface area contributed by atoms with Crippen LogP contribution in [0.4, 0.5) is 11.6 Å². The number of benzene rings is 1. The molecular weight excluding hydrogens is 390 g/mol. The van der Waals surface area contributed by atoms with E-state index in [4.69, 9.17) is 4.98 Å². The SMILES string of the molecule is CN1CCC(NC(=O)c2ccc(Nc3ncc4ncn(C5CCCC5)c4n3)cc2)CC1. The summed E-state index contributed by atoms with van der Waals surface area (Å²) in [6.07, 6.45) is 10.5. The molecule has 3 heterocycles. The molecule has 5 rings (SSSR count). The first-order chi connectivity index (χ1) is 15.2. The van der Waals surface area contributed by atoms with Crippen LogP contribution >= 0.6 is 0 Å². The van der Waals surface area contributed by atoms with Crippen molar-refractivity contribution >= 4 is 28.7 Å². The third-order valence-electron chi connectivity index (χ3n) is 6.49. The Morgan fingerprint density at radius 3 is 2.52 bits per heavy atom. The molecule has 1 aromatic carbocycles. The van der Waals surface area contributed by atoms with Crippen molar-refractivity contribution in [3.8, 4) is 0 Å². The average Bonchev–Trinajstić information content (AvgIpc) is 3.45. The zero-order chi connectivity index (χ0) is 21.2. The Bertz CT molecular complexity index is 1050. The molecule has 1 aliphatic heterocycles. The lowest BCUT2D eigenvalue weighted by molar-refractivity contribution is 0.0917. The summed E-state index contributed by atoms with van der Waals surface area (Å²) in [5.74, 6) is 0.523. The van der Waals surface area contributed by atoms with E-state index < -0.39 is 0 Å². The zero-order valence-corrected chi connectivity index (χ0v) is 17.9. The van der Waals surface area contributed by atoms with E-state index in [1.807, 2.05) is 30.6 Å². The molecule has 1 aliphatic carbocycles. The van der Waals surface area contributed by atoms with E-state index in [1.165, 1.54) is 25.7 Å². The van der Waals surface area contributed by atoms with Crippen LogP contribution in [0.15, 0.2) is 36.8 Å². The van der Waals surface area contributed by atoms with Gasteiger partial charge in [-0.05, 0) is 70.1 Å². The number of anilines is 2. The largest absolute Gasteiger partial charge is 0.349 e. The monoisotopic (exact) mass is 419 g/mol. The Hall–Kier alpha value is -3.00. The Morgan fingerprint density at radius 1 is 1.03 bits per heavy atom. The molecule has 1 saturated carbocycles. The summed E-state index contributed by atoms with van der Waals surface area (Å²) < 4.78 is 2.19. The highest BCUT2D eigenvalue weighted by Crippen LogP contribution is 2.31. The van der Waals surface area contributed by atoms with Crippen molar-refractivity contribution in [1.29, 1.82) is 0 Å². The van der Waals surface area contributed by atoms with Crippen molar-refractivity contribution in [1.82, 2.24) is 29.7 Å². The van der Waals surface area contributed by atoms with Gasteiger partial charge in [-0.3, -0.25) is 4.79 Å². The minimum atomic E-state index is -0.0146. The van der Waals surface area contributed by atoms with Crippen LogP contribution in [0.25, 0.3) is 11.2 Å². The number of nitrogens with zero attached hydrogens (tertiary/aromatic N) is 5. The zero-order valence-electron chi connectivity index (χ0n) is 17.9. The Balaban J connectivity index is 1.25. The van der Waals surface area contributed by atoms with Crippen LogP contribution in [0.1, 0.15) is 54.9 Å². The van der Waals surface area contributed by atoms with Gasteiger partial charge in [0.05, 0.1) is 12.5 Å². The predicted octanol–water partition coefficient (Wildman–Crippen LogP) is 3.51. The molecule has 0 spiro atoms. The van der Waals surface area contributed by atoms with Crippen LogP contribution < -0.4 is 10.6 Å². The summed E-state index contributed by atoms with van der Waals surface area (Å²) in [6.45, 7) is 2.05. The summed E-state index contributed by atoms with van der Waals surface area (Å²) in [5, 5.41) is 6.41. The van der Waals surface area contributed by atoms with Crippen molar-refractivity contribution in [2.45, 2.75) is 50.6 Å². The summed E-state index contributed by atoms with van der Waals surface area (Å²) in [5.41, 5.74) is 3.21. The highest BCUT2D eigenvalue weighted by atomic mass is 16.1. The van der Waals surface area contributed by atoms with E-state index in [0.717, 1.165) is 42.8 Å². The van der Waals surface area contributed by atoms with Crippen molar-refractivity contribution in [3.05, 3.63) is 42.4 Å². The molecule has 8 nitrogen and oxygen atoms in total. The quantitative estimate of drug-likeness (QED) is 0.658. The maximum absolute atomic E-state index is 12.6. The lowest BCUT2D eigenvalue weighted by atomic mass is 10.0. The van der Waals surface area contributed by atoms with E-state index in [9.17, 15) is 4.79 Å². The first kappa shape index (κ1) is 19.9. The molecule has 0 unspecified atom stereocenters. The number of carbonyl (C=O) groups excluding carboxylic acids is 1. The normalized spacial score (nSPS) is 18.5. The van der Waals surface area contributed by atoms with Gasteiger partial charge in [-0.15, -0.1) is 0 Å². The molecule has 162 valence electrons. The van der Waals surface area contributed by atoms with Gasteiger partial charge < -0.3 is 20.1 Å². The fourth-order valence-corrected chi connectivity index (χ4v) is 4.59. The van der Waals surface area contributed by atoms with Crippen LogP contribution in [0.2, 0.25) is 0 Å². The molecule has 0 atom stereocenters. The molecule has 2 N–H and O–H groups in total. The first-order valence-electron chi connectivity index (χ1n) is 11.2. The van der Waals surface area contributed by atoms with Crippen molar-refractivity contribution in [2.75, 3.05) is 25.5 Å². The van der Waals surface area contributed by atoms with Gasteiger partial charge >= 0.3 is 0 Å². The maximum Gasteiger partial charge on any atom is 0.251 e. The lowest BCUT2D eigenvalue weighted by Crippen LogP contribution is -2.43. The fraction of sp³-hybridized carbons (Fsp3) is 0.478. The fourth-order valence-electron chi connectivity index (χ4n) is 4.59. The van der Waals surface area contributed by atoms with E-state index >= 15 is 0 Å². The number of imidazole rings is 1. The van der Waals surface area contributed by atoms with Gasteiger partial charge in [-0.2, -0.15) is 4.98 Å². The van der Waals surface area contributed by atoms with Crippen molar-refractivity contribution in [2.24, 2.45) is 0 Å². The number of nitrogens with one attached hydrogen (secondary N) is 2. The molecule has 8 heteroatoms. The van der Waals surface area contributed by atoms with Gasteiger partial charge in [-0.1, -0.05) is 12.8 Å². The summed E-state index contributed by atoms with van der Waals surface area (Å²) in [7, 11) is 2.12. The van der Waals surface area contributed by atoms with Gasteiger partial charge in [0.25, 0.3) is 5.91 Å². The second kappa shape index (κ2) is 8.63. The summed E-state index contributed by atoms with van der Waals surface area (Å²) in [4.78, 5) is 28.4. The molecule has 0 bridgehead atoms. The van der Waals surface area contributed by atoms with Crippen molar-refractivity contribution < 1.29 is 4.79 Å². The topological polar surface area (TPSA) is 88.0 Å². The number of hydrogen-bond donors (Lipinski definition) is 2. The van der Waals surface area contributed by atoms with Crippen molar-refractivity contribution in [3.63, 3.8) is 0 Å². The molecular formula is C23H29N7O. The first-order valence-corrected chi connectivity index (χ1v) is 11.2. The summed E-state index contributed by atoms with van der Waals surface area (Å²) >= 11 is 0. The molecule has 2 fully saturated rings. The molecule has 1 saturated heterocycles. The smallest absolute Gasteiger partial charge is 0.251 e. The molecule has 2 aromatic heterocycles.